The first-order valence-electron chi connectivity index (χ1n) is 5.65. The third-order valence-corrected chi connectivity index (χ3v) is 2.93. The quantitative estimate of drug-likeness (QED) is 0.712. The van der Waals surface area contributed by atoms with E-state index in [-0.39, 0.29) is 11.3 Å². The molecule has 1 saturated heterocycles. The number of carbonyl (C=O) groups is 1. The fraction of sp³-hybridized carbons (Fsp3) is 0.417. The van der Waals surface area contributed by atoms with E-state index in [0.717, 1.165) is 26.2 Å². The molecule has 92 valence electrons. The van der Waals surface area contributed by atoms with Crippen molar-refractivity contribution in [3.8, 4) is 5.75 Å². The number of aromatic hydroxyl groups is 1. The summed E-state index contributed by atoms with van der Waals surface area (Å²) in [5, 5.41) is 21.9. The summed E-state index contributed by atoms with van der Waals surface area (Å²) in [4.78, 5) is 13.0. The van der Waals surface area contributed by atoms with Gasteiger partial charge in [0.1, 0.15) is 5.75 Å². The van der Waals surface area contributed by atoms with E-state index in [1.165, 1.54) is 12.1 Å². The molecule has 1 fully saturated rings. The molecular formula is C12H16N2O3. The Balaban J connectivity index is 2.13. The predicted octanol–water partition coefficient (Wildman–Crippen LogP) is 0.496. The molecule has 0 aromatic heterocycles. The Bertz CT molecular complexity index is 414. The van der Waals surface area contributed by atoms with Crippen LogP contribution in [-0.4, -0.2) is 47.3 Å². The maximum absolute atomic E-state index is 10.9. The van der Waals surface area contributed by atoms with Crippen LogP contribution in [0.1, 0.15) is 15.9 Å². The van der Waals surface area contributed by atoms with Crippen LogP contribution in [-0.2, 0) is 6.54 Å². The second-order valence-electron chi connectivity index (χ2n) is 4.17. The summed E-state index contributed by atoms with van der Waals surface area (Å²) >= 11 is 0. The zero-order valence-corrected chi connectivity index (χ0v) is 9.52. The molecule has 5 heteroatoms. The van der Waals surface area contributed by atoms with Crippen LogP contribution in [0.2, 0.25) is 0 Å². The molecule has 0 saturated carbocycles. The zero-order chi connectivity index (χ0) is 12.3. The Kier molecular flexibility index (Phi) is 3.61. The van der Waals surface area contributed by atoms with E-state index in [9.17, 15) is 9.90 Å². The molecule has 0 radical (unpaired) electrons. The molecule has 0 bridgehead atoms. The van der Waals surface area contributed by atoms with Crippen LogP contribution in [0.15, 0.2) is 18.2 Å². The molecule has 2 rings (SSSR count). The number of hydrogen-bond acceptors (Lipinski definition) is 4. The van der Waals surface area contributed by atoms with Gasteiger partial charge < -0.3 is 15.5 Å². The zero-order valence-electron chi connectivity index (χ0n) is 9.52. The van der Waals surface area contributed by atoms with Gasteiger partial charge in [-0.15, -0.1) is 0 Å². The molecule has 0 amide bonds. The number of carboxylic acid groups (broad SMARTS) is 1. The van der Waals surface area contributed by atoms with Crippen LogP contribution in [0.4, 0.5) is 0 Å². The van der Waals surface area contributed by atoms with Gasteiger partial charge in [0.05, 0.1) is 5.56 Å². The van der Waals surface area contributed by atoms with Crippen molar-refractivity contribution in [3.63, 3.8) is 0 Å². The van der Waals surface area contributed by atoms with E-state index in [4.69, 9.17) is 5.11 Å². The number of aromatic carboxylic acids is 1. The third kappa shape index (κ3) is 2.95. The van der Waals surface area contributed by atoms with Crippen molar-refractivity contribution in [1.82, 2.24) is 10.2 Å². The fourth-order valence-corrected chi connectivity index (χ4v) is 1.96. The monoisotopic (exact) mass is 236 g/mol. The van der Waals surface area contributed by atoms with Gasteiger partial charge in [-0.25, -0.2) is 4.79 Å². The van der Waals surface area contributed by atoms with Gasteiger partial charge in [-0.3, -0.25) is 4.90 Å². The number of rotatable bonds is 3. The van der Waals surface area contributed by atoms with Crippen molar-refractivity contribution < 1.29 is 15.0 Å². The first-order chi connectivity index (χ1) is 8.16. The molecule has 0 unspecified atom stereocenters. The van der Waals surface area contributed by atoms with E-state index in [0.29, 0.717) is 12.1 Å². The van der Waals surface area contributed by atoms with Crippen LogP contribution in [0.25, 0.3) is 0 Å². The lowest BCUT2D eigenvalue weighted by Gasteiger charge is -2.27. The van der Waals surface area contributed by atoms with Gasteiger partial charge in [-0.2, -0.15) is 0 Å². The van der Waals surface area contributed by atoms with Crippen molar-refractivity contribution in [2.24, 2.45) is 0 Å². The molecule has 1 aliphatic heterocycles. The molecule has 1 aliphatic rings. The van der Waals surface area contributed by atoms with Gasteiger partial charge in [0.15, 0.2) is 0 Å². The van der Waals surface area contributed by atoms with Crippen LogP contribution >= 0.6 is 0 Å². The van der Waals surface area contributed by atoms with E-state index in [1.54, 1.807) is 6.07 Å². The highest BCUT2D eigenvalue weighted by Crippen LogP contribution is 2.20. The molecule has 1 heterocycles. The standard InChI is InChI=1S/C12H16N2O3/c15-11-2-1-9(12(16)17)7-10(11)8-14-5-3-13-4-6-14/h1-2,7,13,15H,3-6,8H2,(H,16,17). The first-order valence-corrected chi connectivity index (χ1v) is 5.65. The highest BCUT2D eigenvalue weighted by atomic mass is 16.4. The number of phenolic OH excluding ortho intramolecular Hbond substituents is 1. The number of carboxylic acids is 1. The molecule has 1 aromatic rings. The van der Waals surface area contributed by atoms with Crippen molar-refractivity contribution in [1.29, 1.82) is 0 Å². The first kappa shape index (κ1) is 11.9. The summed E-state index contributed by atoms with van der Waals surface area (Å²) < 4.78 is 0. The van der Waals surface area contributed by atoms with Crippen molar-refractivity contribution in [3.05, 3.63) is 29.3 Å². The highest BCUT2D eigenvalue weighted by Gasteiger charge is 2.13. The summed E-state index contributed by atoms with van der Waals surface area (Å²) in [5.41, 5.74) is 0.889. The number of nitrogens with zero attached hydrogens (tertiary/aromatic N) is 1. The number of nitrogens with one attached hydrogen (secondary N) is 1. The molecule has 3 N–H and O–H groups in total. The van der Waals surface area contributed by atoms with Crippen molar-refractivity contribution in [2.75, 3.05) is 26.2 Å². The van der Waals surface area contributed by atoms with Gasteiger partial charge in [0.2, 0.25) is 0 Å². The number of phenols is 1. The van der Waals surface area contributed by atoms with E-state index >= 15 is 0 Å². The van der Waals surface area contributed by atoms with Crippen LogP contribution in [0.3, 0.4) is 0 Å². The van der Waals surface area contributed by atoms with Gasteiger partial charge in [-0.1, -0.05) is 0 Å². The average molecular weight is 236 g/mol. The minimum absolute atomic E-state index is 0.161. The molecule has 1 aromatic carbocycles. The summed E-state index contributed by atoms with van der Waals surface area (Å²) in [6.07, 6.45) is 0. The lowest BCUT2D eigenvalue weighted by molar-refractivity contribution is 0.0696. The summed E-state index contributed by atoms with van der Waals surface area (Å²) in [6, 6.07) is 4.40. The number of benzene rings is 1. The molecule has 0 aliphatic carbocycles. The lowest BCUT2D eigenvalue weighted by Crippen LogP contribution is -2.42. The highest BCUT2D eigenvalue weighted by molar-refractivity contribution is 5.88. The Morgan fingerprint density at radius 2 is 2.06 bits per heavy atom. The lowest BCUT2D eigenvalue weighted by atomic mass is 10.1. The normalized spacial score (nSPS) is 16.9. The minimum Gasteiger partial charge on any atom is -0.508 e. The minimum atomic E-state index is -0.966. The van der Waals surface area contributed by atoms with E-state index in [2.05, 4.69) is 10.2 Å². The van der Waals surface area contributed by atoms with Gasteiger partial charge in [-0.05, 0) is 18.2 Å². The summed E-state index contributed by atoms with van der Waals surface area (Å²) in [5.74, 6) is -0.805. The van der Waals surface area contributed by atoms with Gasteiger partial charge in [0.25, 0.3) is 0 Å². The average Bonchev–Trinajstić information content (AvgIpc) is 2.33. The van der Waals surface area contributed by atoms with E-state index < -0.39 is 5.97 Å². The molecule has 0 spiro atoms. The predicted molar refractivity (Wildman–Crippen MR) is 63.2 cm³/mol. The van der Waals surface area contributed by atoms with Crippen LogP contribution in [0, 0.1) is 0 Å². The smallest absolute Gasteiger partial charge is 0.335 e. The molecule has 17 heavy (non-hydrogen) atoms. The summed E-state index contributed by atoms with van der Waals surface area (Å²) in [6.45, 7) is 4.28. The molecular weight excluding hydrogens is 220 g/mol. The van der Waals surface area contributed by atoms with Crippen LogP contribution in [0.5, 0.6) is 5.75 Å². The Hall–Kier alpha value is -1.59. The molecule has 5 nitrogen and oxygen atoms in total. The summed E-state index contributed by atoms with van der Waals surface area (Å²) in [7, 11) is 0. The Morgan fingerprint density at radius 1 is 1.35 bits per heavy atom. The number of piperazine rings is 1. The SMILES string of the molecule is O=C(O)c1ccc(O)c(CN2CCNCC2)c1. The Morgan fingerprint density at radius 3 is 2.71 bits per heavy atom. The van der Waals surface area contributed by atoms with Crippen molar-refractivity contribution in [2.45, 2.75) is 6.54 Å². The maximum atomic E-state index is 10.9. The molecule has 0 atom stereocenters. The fourth-order valence-electron chi connectivity index (χ4n) is 1.96. The number of hydrogen-bond donors (Lipinski definition) is 3. The second kappa shape index (κ2) is 5.16. The maximum Gasteiger partial charge on any atom is 0.335 e. The van der Waals surface area contributed by atoms with Gasteiger partial charge >= 0.3 is 5.97 Å². The largest absolute Gasteiger partial charge is 0.508 e. The van der Waals surface area contributed by atoms with Crippen molar-refractivity contribution >= 4 is 5.97 Å². The second-order valence-corrected chi connectivity index (χ2v) is 4.17. The van der Waals surface area contributed by atoms with E-state index in [1.807, 2.05) is 0 Å². The topological polar surface area (TPSA) is 72.8 Å². The van der Waals surface area contributed by atoms with Crippen LogP contribution < -0.4 is 5.32 Å². The Labute approximate surface area is 99.7 Å². The third-order valence-electron chi connectivity index (χ3n) is 2.93. The van der Waals surface area contributed by atoms with Gasteiger partial charge in [0, 0.05) is 38.3 Å².